The van der Waals surface area contributed by atoms with Crippen LogP contribution in [0.2, 0.25) is 0 Å². The van der Waals surface area contributed by atoms with Gasteiger partial charge in [-0.2, -0.15) is 0 Å². The summed E-state index contributed by atoms with van der Waals surface area (Å²) in [7, 11) is 3.24. The van der Waals surface area contributed by atoms with Gasteiger partial charge in [0.05, 0.1) is 11.4 Å². The molecule has 6 heteroatoms. The first-order chi connectivity index (χ1) is 14.4. The van der Waals surface area contributed by atoms with Gasteiger partial charge in [-0.05, 0) is 91.8 Å². The van der Waals surface area contributed by atoms with Gasteiger partial charge in [0.1, 0.15) is 14.2 Å². The smallest absolute Gasteiger partial charge is 0.106 e. The van der Waals surface area contributed by atoms with Gasteiger partial charge in [0, 0.05) is 12.1 Å². The Hall–Kier alpha value is -1.59. The molecule has 4 fully saturated rings. The molecule has 8 atom stereocenters. The van der Waals surface area contributed by atoms with E-state index in [1.165, 1.54) is 25.7 Å². The minimum absolute atomic E-state index is 0.194. The molecule has 4 saturated carbocycles. The number of oxime groups is 3. The number of fused-ring (bicyclic) bond motifs is 5. The SMILES string of the molecule is CO/N=C/[C@@H](C)[C@H]1CCC2C3C/C(=N/O)C4C/C(=N/OC)CCC4(C)C3CCC21C. The van der Waals surface area contributed by atoms with E-state index in [0.717, 1.165) is 37.1 Å². The molecule has 30 heavy (non-hydrogen) atoms. The summed E-state index contributed by atoms with van der Waals surface area (Å²) in [5.41, 5.74) is 2.65. The zero-order valence-electron chi connectivity index (χ0n) is 19.3. The van der Waals surface area contributed by atoms with Gasteiger partial charge in [0.2, 0.25) is 0 Å². The minimum Gasteiger partial charge on any atom is -0.411 e. The number of hydrogen-bond donors (Lipinski definition) is 1. The van der Waals surface area contributed by atoms with E-state index in [9.17, 15) is 5.21 Å². The highest BCUT2D eigenvalue weighted by Gasteiger charge is 2.62. The van der Waals surface area contributed by atoms with Crippen molar-refractivity contribution < 1.29 is 14.9 Å². The van der Waals surface area contributed by atoms with Crippen molar-refractivity contribution in [1.82, 2.24) is 0 Å². The van der Waals surface area contributed by atoms with Crippen LogP contribution in [0.25, 0.3) is 0 Å². The van der Waals surface area contributed by atoms with Gasteiger partial charge in [-0.3, -0.25) is 0 Å². The standard InChI is InChI=1S/C24H39N3O3/c1-15(14-25-29-4)18-6-7-19-17-13-22(26-28)21-12-16(27-30-5)8-10-24(21,3)20(17)9-11-23(18,19)2/h14-15,17-21,28H,6-13H2,1-5H3/b25-14+,26-22-,27-16+/t15-,17?,18-,19?,20?,21?,23?,24?/m1/s1. The molecule has 0 aromatic rings. The average Bonchev–Trinajstić information content (AvgIpc) is 3.09. The third kappa shape index (κ3) is 3.25. The molecule has 0 radical (unpaired) electrons. The molecular weight excluding hydrogens is 378 g/mol. The van der Waals surface area contributed by atoms with E-state index >= 15 is 0 Å². The van der Waals surface area contributed by atoms with Crippen LogP contribution in [0.3, 0.4) is 0 Å². The predicted molar refractivity (Wildman–Crippen MR) is 119 cm³/mol. The van der Waals surface area contributed by atoms with E-state index in [1.54, 1.807) is 14.2 Å². The highest BCUT2D eigenvalue weighted by atomic mass is 16.6. The van der Waals surface area contributed by atoms with Crippen LogP contribution in [0.15, 0.2) is 15.5 Å². The van der Waals surface area contributed by atoms with Crippen molar-refractivity contribution in [2.75, 3.05) is 14.2 Å². The molecule has 0 bridgehead atoms. The lowest BCUT2D eigenvalue weighted by atomic mass is 9.44. The Bertz CT molecular complexity index is 735. The number of nitrogens with zero attached hydrogens (tertiary/aromatic N) is 3. The molecule has 0 aromatic heterocycles. The maximum Gasteiger partial charge on any atom is 0.106 e. The lowest BCUT2D eigenvalue weighted by Gasteiger charge is -2.60. The van der Waals surface area contributed by atoms with Crippen LogP contribution in [0.1, 0.15) is 72.1 Å². The summed E-state index contributed by atoms with van der Waals surface area (Å²) >= 11 is 0. The first-order valence-corrected chi connectivity index (χ1v) is 11.8. The Balaban J connectivity index is 1.62. The fourth-order valence-electron chi connectivity index (χ4n) is 8.36. The Kier molecular flexibility index (Phi) is 5.88. The Morgan fingerprint density at radius 3 is 2.50 bits per heavy atom. The fraction of sp³-hybridized carbons (Fsp3) is 0.875. The average molecular weight is 418 g/mol. The summed E-state index contributed by atoms with van der Waals surface area (Å²) < 4.78 is 0. The van der Waals surface area contributed by atoms with Crippen molar-refractivity contribution in [3.8, 4) is 0 Å². The molecule has 4 aliphatic rings. The second-order valence-electron chi connectivity index (χ2n) is 10.8. The van der Waals surface area contributed by atoms with E-state index in [0.29, 0.717) is 40.9 Å². The quantitative estimate of drug-likeness (QED) is 0.380. The van der Waals surface area contributed by atoms with Crippen LogP contribution >= 0.6 is 0 Å². The number of hydrogen-bond acceptors (Lipinski definition) is 6. The molecule has 0 heterocycles. The number of rotatable bonds is 4. The van der Waals surface area contributed by atoms with Gasteiger partial charge >= 0.3 is 0 Å². The lowest BCUT2D eigenvalue weighted by Crippen LogP contribution is -2.56. The van der Waals surface area contributed by atoms with Crippen LogP contribution in [-0.4, -0.2) is 37.1 Å². The molecule has 6 nitrogen and oxygen atoms in total. The van der Waals surface area contributed by atoms with Crippen molar-refractivity contribution >= 4 is 17.6 Å². The monoisotopic (exact) mass is 417 g/mol. The van der Waals surface area contributed by atoms with Crippen molar-refractivity contribution in [3.05, 3.63) is 0 Å². The van der Waals surface area contributed by atoms with E-state index in [1.807, 2.05) is 6.21 Å². The molecule has 0 spiro atoms. The highest BCUT2D eigenvalue weighted by molar-refractivity contribution is 5.95. The largest absolute Gasteiger partial charge is 0.411 e. The molecule has 1 N–H and O–H groups in total. The first-order valence-electron chi connectivity index (χ1n) is 11.8. The van der Waals surface area contributed by atoms with Crippen molar-refractivity contribution in [2.45, 2.75) is 72.1 Å². The van der Waals surface area contributed by atoms with E-state index in [2.05, 4.69) is 36.2 Å². The Morgan fingerprint density at radius 1 is 1.03 bits per heavy atom. The predicted octanol–water partition coefficient (Wildman–Crippen LogP) is 5.36. The third-order valence-electron chi connectivity index (χ3n) is 9.78. The molecule has 4 rings (SSSR count). The van der Waals surface area contributed by atoms with E-state index in [-0.39, 0.29) is 5.41 Å². The van der Waals surface area contributed by atoms with Gasteiger partial charge < -0.3 is 14.9 Å². The van der Waals surface area contributed by atoms with Gasteiger partial charge in [-0.25, -0.2) is 0 Å². The maximum absolute atomic E-state index is 9.98. The molecular formula is C24H39N3O3. The van der Waals surface area contributed by atoms with Crippen molar-refractivity contribution in [2.24, 2.45) is 61.8 Å². The van der Waals surface area contributed by atoms with Crippen LogP contribution in [0, 0.1) is 46.3 Å². The highest BCUT2D eigenvalue weighted by Crippen LogP contribution is 2.67. The van der Waals surface area contributed by atoms with Gasteiger partial charge in [-0.15, -0.1) is 0 Å². The molecule has 4 aliphatic carbocycles. The summed E-state index contributed by atoms with van der Waals surface area (Å²) in [5, 5.41) is 22.2. The summed E-state index contributed by atoms with van der Waals surface area (Å²) in [6.07, 6.45) is 11.0. The molecule has 0 saturated heterocycles. The normalized spacial score (nSPS) is 47.0. The summed E-state index contributed by atoms with van der Waals surface area (Å²) in [6, 6.07) is 0. The molecule has 168 valence electrons. The second-order valence-corrected chi connectivity index (χ2v) is 10.8. The zero-order valence-corrected chi connectivity index (χ0v) is 19.3. The van der Waals surface area contributed by atoms with E-state index in [4.69, 9.17) is 9.68 Å². The molecule has 0 amide bonds. The summed E-state index contributed by atoms with van der Waals surface area (Å²) in [6.45, 7) is 7.28. The van der Waals surface area contributed by atoms with E-state index < -0.39 is 0 Å². The topological polar surface area (TPSA) is 75.8 Å². The van der Waals surface area contributed by atoms with Crippen LogP contribution in [0.5, 0.6) is 0 Å². The zero-order chi connectivity index (χ0) is 21.5. The summed E-state index contributed by atoms with van der Waals surface area (Å²) in [4.78, 5) is 10.0. The Morgan fingerprint density at radius 2 is 1.80 bits per heavy atom. The van der Waals surface area contributed by atoms with Crippen molar-refractivity contribution in [3.63, 3.8) is 0 Å². The molecule has 0 aliphatic heterocycles. The first kappa shape index (κ1) is 21.6. The molecule has 0 aromatic carbocycles. The Labute approximate surface area is 181 Å². The van der Waals surface area contributed by atoms with Gasteiger partial charge in [0.25, 0.3) is 0 Å². The van der Waals surface area contributed by atoms with Crippen LogP contribution in [-0.2, 0) is 9.68 Å². The fourth-order valence-corrected chi connectivity index (χ4v) is 8.36. The maximum atomic E-state index is 9.98. The van der Waals surface area contributed by atoms with Gasteiger partial charge in [0.15, 0.2) is 0 Å². The summed E-state index contributed by atoms with van der Waals surface area (Å²) in [5.74, 6) is 3.39. The lowest BCUT2D eigenvalue weighted by molar-refractivity contribution is -0.0699. The third-order valence-corrected chi connectivity index (χ3v) is 9.78. The van der Waals surface area contributed by atoms with Gasteiger partial charge in [-0.1, -0.05) is 36.2 Å². The second kappa shape index (κ2) is 8.16. The van der Waals surface area contributed by atoms with Crippen molar-refractivity contribution in [1.29, 1.82) is 0 Å². The van der Waals surface area contributed by atoms with Crippen LogP contribution < -0.4 is 0 Å². The minimum atomic E-state index is 0.194. The van der Waals surface area contributed by atoms with Crippen LogP contribution in [0.4, 0.5) is 0 Å². The molecule has 6 unspecified atom stereocenters.